The molecule has 0 aromatic heterocycles. The summed E-state index contributed by atoms with van der Waals surface area (Å²) in [7, 11) is 0. The van der Waals surface area contributed by atoms with Gasteiger partial charge in [-0.3, -0.25) is 4.79 Å². The maximum atomic E-state index is 11.3. The number of hydrogen-bond acceptors (Lipinski definition) is 1. The second-order valence-electron chi connectivity index (χ2n) is 3.08. The van der Waals surface area contributed by atoms with Crippen molar-refractivity contribution in [3.8, 4) is 0 Å². The van der Waals surface area contributed by atoms with Crippen LogP contribution in [0.5, 0.6) is 0 Å². The van der Waals surface area contributed by atoms with Gasteiger partial charge in [-0.25, -0.2) is 0 Å². The van der Waals surface area contributed by atoms with E-state index in [2.05, 4.69) is 5.32 Å². The molecule has 0 spiro atoms. The summed E-state index contributed by atoms with van der Waals surface area (Å²) in [6.07, 6.45) is 4.12. The summed E-state index contributed by atoms with van der Waals surface area (Å²) in [5.41, 5.74) is 1.02. The van der Waals surface area contributed by atoms with Crippen LogP contribution in [0.25, 0.3) is 6.08 Å². The summed E-state index contributed by atoms with van der Waals surface area (Å²) in [6, 6.07) is 9.71. The third kappa shape index (κ3) is 5.23. The summed E-state index contributed by atoms with van der Waals surface area (Å²) >= 11 is 5.49. The highest BCUT2D eigenvalue weighted by atomic mass is 35.5. The highest BCUT2D eigenvalue weighted by molar-refractivity contribution is 6.17. The minimum Gasteiger partial charge on any atom is -0.353 e. The Labute approximate surface area is 94.9 Å². The summed E-state index contributed by atoms with van der Waals surface area (Å²) in [5.74, 6) is 0.492. The Morgan fingerprint density at radius 1 is 1.33 bits per heavy atom. The van der Waals surface area contributed by atoms with Gasteiger partial charge in [-0.15, -0.1) is 11.6 Å². The van der Waals surface area contributed by atoms with E-state index in [9.17, 15) is 4.79 Å². The quantitative estimate of drug-likeness (QED) is 0.464. The fourth-order valence-electron chi connectivity index (χ4n) is 1.07. The highest BCUT2D eigenvalue weighted by Crippen LogP contribution is 2.00. The van der Waals surface area contributed by atoms with Crippen LogP contribution in [0, 0.1) is 0 Å². The van der Waals surface area contributed by atoms with E-state index in [-0.39, 0.29) is 5.91 Å². The minimum atomic E-state index is -0.0797. The van der Waals surface area contributed by atoms with Crippen molar-refractivity contribution in [1.29, 1.82) is 0 Å². The maximum absolute atomic E-state index is 11.3. The van der Waals surface area contributed by atoms with Crippen molar-refractivity contribution in [1.82, 2.24) is 5.32 Å². The van der Waals surface area contributed by atoms with Crippen molar-refractivity contribution >= 4 is 23.6 Å². The average Bonchev–Trinajstić information content (AvgIpc) is 2.28. The number of halogens is 1. The van der Waals surface area contributed by atoms with Crippen LogP contribution in [0.1, 0.15) is 12.0 Å². The number of rotatable bonds is 5. The lowest BCUT2D eigenvalue weighted by atomic mass is 10.2. The molecule has 0 aliphatic rings. The number of hydrogen-bond donors (Lipinski definition) is 1. The van der Waals surface area contributed by atoms with Crippen molar-refractivity contribution in [3.63, 3.8) is 0 Å². The van der Waals surface area contributed by atoms with Crippen LogP contribution in [-0.2, 0) is 4.79 Å². The molecule has 0 radical (unpaired) electrons. The molecule has 0 saturated heterocycles. The molecule has 0 atom stereocenters. The normalized spacial score (nSPS) is 10.5. The van der Waals surface area contributed by atoms with Gasteiger partial charge in [-0.1, -0.05) is 30.3 Å². The molecule has 0 unspecified atom stereocenters. The first-order valence-electron chi connectivity index (χ1n) is 4.90. The number of benzene rings is 1. The number of carbonyl (C=O) groups excluding carboxylic acids is 1. The van der Waals surface area contributed by atoms with Crippen LogP contribution in [0.4, 0.5) is 0 Å². The molecule has 3 heteroatoms. The zero-order valence-corrected chi connectivity index (χ0v) is 9.20. The fourth-order valence-corrected chi connectivity index (χ4v) is 1.21. The van der Waals surface area contributed by atoms with Gasteiger partial charge in [-0.05, 0) is 18.1 Å². The van der Waals surface area contributed by atoms with E-state index in [4.69, 9.17) is 11.6 Å². The zero-order valence-electron chi connectivity index (χ0n) is 8.45. The highest BCUT2D eigenvalue weighted by Gasteiger charge is 1.93. The number of amides is 1. The molecule has 1 aromatic rings. The SMILES string of the molecule is O=C(/C=C/c1ccccc1)NCCCCl. The van der Waals surface area contributed by atoms with Crippen LogP contribution >= 0.6 is 11.6 Å². The van der Waals surface area contributed by atoms with Crippen LogP contribution in [0.15, 0.2) is 36.4 Å². The summed E-state index contributed by atoms with van der Waals surface area (Å²) < 4.78 is 0. The Hall–Kier alpha value is -1.28. The molecule has 1 aromatic carbocycles. The first-order valence-corrected chi connectivity index (χ1v) is 5.43. The molecule has 0 bridgehead atoms. The summed E-state index contributed by atoms with van der Waals surface area (Å²) in [6.45, 7) is 0.626. The van der Waals surface area contributed by atoms with Crippen molar-refractivity contribution in [2.75, 3.05) is 12.4 Å². The van der Waals surface area contributed by atoms with Crippen LogP contribution < -0.4 is 5.32 Å². The Bertz CT molecular complexity index is 322. The van der Waals surface area contributed by atoms with Crippen molar-refractivity contribution in [2.24, 2.45) is 0 Å². The smallest absolute Gasteiger partial charge is 0.243 e. The molecular formula is C12H14ClNO. The molecule has 0 heterocycles. The van der Waals surface area contributed by atoms with Crippen LogP contribution in [0.3, 0.4) is 0 Å². The number of carbonyl (C=O) groups is 1. The van der Waals surface area contributed by atoms with Gasteiger partial charge in [0, 0.05) is 18.5 Å². The lowest BCUT2D eigenvalue weighted by Gasteiger charge is -1.98. The Kier molecular flexibility index (Phi) is 5.56. The maximum Gasteiger partial charge on any atom is 0.243 e. The molecule has 15 heavy (non-hydrogen) atoms. The monoisotopic (exact) mass is 223 g/mol. The predicted molar refractivity (Wildman–Crippen MR) is 63.8 cm³/mol. The fraction of sp³-hybridized carbons (Fsp3) is 0.250. The van der Waals surface area contributed by atoms with Gasteiger partial charge in [0.25, 0.3) is 0 Å². The van der Waals surface area contributed by atoms with Crippen LogP contribution in [0.2, 0.25) is 0 Å². The van der Waals surface area contributed by atoms with E-state index in [1.54, 1.807) is 6.08 Å². The molecule has 0 saturated carbocycles. The molecule has 2 nitrogen and oxygen atoms in total. The lowest BCUT2D eigenvalue weighted by Crippen LogP contribution is -2.22. The van der Waals surface area contributed by atoms with Gasteiger partial charge in [0.05, 0.1) is 0 Å². The van der Waals surface area contributed by atoms with E-state index in [1.807, 2.05) is 30.3 Å². The van der Waals surface area contributed by atoms with Gasteiger partial charge in [0.1, 0.15) is 0 Å². The van der Waals surface area contributed by atoms with Gasteiger partial charge in [-0.2, -0.15) is 0 Å². The van der Waals surface area contributed by atoms with E-state index in [0.717, 1.165) is 12.0 Å². The van der Waals surface area contributed by atoms with E-state index in [0.29, 0.717) is 12.4 Å². The second kappa shape index (κ2) is 7.07. The largest absolute Gasteiger partial charge is 0.353 e. The molecule has 1 rings (SSSR count). The number of alkyl halides is 1. The zero-order chi connectivity index (χ0) is 10.9. The molecule has 0 aliphatic carbocycles. The van der Waals surface area contributed by atoms with Crippen molar-refractivity contribution < 1.29 is 4.79 Å². The summed E-state index contributed by atoms with van der Waals surface area (Å²) in [4.78, 5) is 11.3. The molecule has 1 amide bonds. The van der Waals surface area contributed by atoms with Crippen molar-refractivity contribution in [3.05, 3.63) is 42.0 Å². The minimum absolute atomic E-state index is 0.0797. The van der Waals surface area contributed by atoms with E-state index >= 15 is 0 Å². The standard InChI is InChI=1S/C12H14ClNO/c13-9-4-10-14-12(15)8-7-11-5-2-1-3-6-11/h1-3,5-8H,4,9-10H2,(H,14,15)/b8-7+. The van der Waals surface area contributed by atoms with Gasteiger partial charge < -0.3 is 5.32 Å². The first-order chi connectivity index (χ1) is 7.33. The molecule has 1 N–H and O–H groups in total. The average molecular weight is 224 g/mol. The Balaban J connectivity index is 2.34. The molecule has 0 aliphatic heterocycles. The first kappa shape index (κ1) is 11.8. The Morgan fingerprint density at radius 2 is 2.07 bits per heavy atom. The molecule has 80 valence electrons. The van der Waals surface area contributed by atoms with Gasteiger partial charge in [0.15, 0.2) is 0 Å². The lowest BCUT2D eigenvalue weighted by molar-refractivity contribution is -0.116. The van der Waals surface area contributed by atoms with E-state index < -0.39 is 0 Å². The second-order valence-corrected chi connectivity index (χ2v) is 3.46. The predicted octanol–water partition coefficient (Wildman–Crippen LogP) is 2.44. The van der Waals surface area contributed by atoms with Crippen molar-refractivity contribution in [2.45, 2.75) is 6.42 Å². The topological polar surface area (TPSA) is 29.1 Å². The molecule has 0 fully saturated rings. The van der Waals surface area contributed by atoms with Gasteiger partial charge in [0.2, 0.25) is 5.91 Å². The Morgan fingerprint density at radius 3 is 2.73 bits per heavy atom. The third-order valence-corrected chi connectivity index (χ3v) is 2.10. The van der Waals surface area contributed by atoms with E-state index in [1.165, 1.54) is 6.08 Å². The van der Waals surface area contributed by atoms with Gasteiger partial charge >= 0.3 is 0 Å². The third-order valence-electron chi connectivity index (χ3n) is 1.84. The molecular weight excluding hydrogens is 210 g/mol. The number of nitrogens with one attached hydrogen (secondary N) is 1. The summed E-state index contributed by atoms with van der Waals surface area (Å²) in [5, 5.41) is 2.74. The van der Waals surface area contributed by atoms with Crippen LogP contribution in [-0.4, -0.2) is 18.3 Å².